The van der Waals surface area contributed by atoms with E-state index in [0.29, 0.717) is 6.20 Å². The molecule has 1 N–H and O–H groups in total. The van der Waals surface area contributed by atoms with Crippen LogP contribution in [0.5, 0.6) is 5.75 Å². The van der Waals surface area contributed by atoms with Crippen LogP contribution in [-0.2, 0) is 9.05 Å². The summed E-state index contributed by atoms with van der Waals surface area (Å²) >= 11 is 0. The zero-order chi connectivity index (χ0) is 11.8. The molecule has 0 bridgehead atoms. The van der Waals surface area contributed by atoms with Crippen LogP contribution in [0.4, 0.5) is 13.2 Å². The zero-order valence-electron chi connectivity index (χ0n) is 6.79. The van der Waals surface area contributed by atoms with Crippen LogP contribution in [0.15, 0.2) is 11.2 Å². The number of halogens is 4. The fourth-order valence-electron chi connectivity index (χ4n) is 0.851. The van der Waals surface area contributed by atoms with Crippen molar-refractivity contribution < 1.29 is 26.7 Å². The fraction of sp³-hybridized carbons (Fsp3) is 0.167. The van der Waals surface area contributed by atoms with E-state index < -0.39 is 37.6 Å². The molecule has 0 aliphatic rings. The lowest BCUT2D eigenvalue weighted by Gasteiger charge is -2.06. The average molecular weight is 262 g/mol. The van der Waals surface area contributed by atoms with Crippen LogP contribution in [0.2, 0.25) is 0 Å². The fourth-order valence-corrected chi connectivity index (χ4v) is 1.68. The third-order valence-corrected chi connectivity index (χ3v) is 2.64. The summed E-state index contributed by atoms with van der Waals surface area (Å²) in [5.74, 6) is -2.98. The van der Waals surface area contributed by atoms with E-state index in [1.165, 1.54) is 0 Å². The van der Waals surface area contributed by atoms with E-state index in [0.717, 1.165) is 0 Å². The van der Waals surface area contributed by atoms with Crippen molar-refractivity contribution >= 4 is 19.7 Å². The molecule has 1 aromatic heterocycles. The number of aromatic nitrogens is 1. The Hall–Kier alpha value is -1.02. The Morgan fingerprint density at radius 3 is 2.40 bits per heavy atom. The summed E-state index contributed by atoms with van der Waals surface area (Å²) in [7, 11) is 0.171. The summed E-state index contributed by atoms with van der Waals surface area (Å²) in [4.78, 5) is 2.91. The van der Waals surface area contributed by atoms with Gasteiger partial charge in [0.2, 0.25) is 5.03 Å². The number of rotatable bonds is 2. The highest BCUT2D eigenvalue weighted by Gasteiger charge is 2.27. The van der Waals surface area contributed by atoms with E-state index in [1.807, 2.05) is 0 Å². The molecule has 9 heteroatoms. The van der Waals surface area contributed by atoms with E-state index in [4.69, 9.17) is 15.8 Å². The van der Waals surface area contributed by atoms with Crippen LogP contribution in [0.25, 0.3) is 0 Å². The quantitative estimate of drug-likeness (QED) is 0.824. The highest BCUT2D eigenvalue weighted by atomic mass is 35.7. The molecule has 1 rings (SSSR count). The van der Waals surface area contributed by atoms with Gasteiger partial charge in [-0.15, -0.1) is 0 Å². The molecule has 0 aliphatic heterocycles. The molecule has 0 unspecified atom stereocenters. The van der Waals surface area contributed by atoms with Gasteiger partial charge in [-0.2, -0.15) is 0 Å². The van der Waals surface area contributed by atoms with Crippen molar-refractivity contribution in [2.75, 3.05) is 0 Å². The third kappa shape index (κ3) is 2.32. The number of aromatic hydroxyl groups is 1. The molecule has 0 atom stereocenters. The van der Waals surface area contributed by atoms with Crippen LogP contribution >= 0.6 is 10.7 Å². The Morgan fingerprint density at radius 2 is 2.00 bits per heavy atom. The van der Waals surface area contributed by atoms with Gasteiger partial charge in [-0.1, -0.05) is 0 Å². The number of alkyl halides is 2. The predicted octanol–water partition coefficient (Wildman–Crippen LogP) is 1.79. The van der Waals surface area contributed by atoms with E-state index >= 15 is 0 Å². The van der Waals surface area contributed by atoms with Crippen molar-refractivity contribution in [1.82, 2.24) is 4.98 Å². The highest BCUT2D eigenvalue weighted by molar-refractivity contribution is 8.13. The van der Waals surface area contributed by atoms with Gasteiger partial charge in [0.05, 0.1) is 11.8 Å². The molecule has 0 radical (unpaired) electrons. The second-order valence-corrected chi connectivity index (χ2v) is 4.90. The van der Waals surface area contributed by atoms with Gasteiger partial charge in [0.25, 0.3) is 15.5 Å². The van der Waals surface area contributed by atoms with Crippen LogP contribution in [0.1, 0.15) is 12.0 Å². The molecule has 0 saturated heterocycles. The highest BCUT2D eigenvalue weighted by Crippen LogP contribution is 2.33. The van der Waals surface area contributed by atoms with Gasteiger partial charge < -0.3 is 5.11 Å². The summed E-state index contributed by atoms with van der Waals surface area (Å²) < 4.78 is 58.8. The van der Waals surface area contributed by atoms with Crippen molar-refractivity contribution in [2.45, 2.75) is 11.5 Å². The summed E-state index contributed by atoms with van der Waals surface area (Å²) in [6, 6.07) is 0. The Bertz CT molecular complexity index is 491. The van der Waals surface area contributed by atoms with Crippen LogP contribution in [0, 0.1) is 5.82 Å². The zero-order valence-corrected chi connectivity index (χ0v) is 8.36. The first-order valence-electron chi connectivity index (χ1n) is 3.35. The van der Waals surface area contributed by atoms with Crippen molar-refractivity contribution in [2.24, 2.45) is 0 Å². The summed E-state index contributed by atoms with van der Waals surface area (Å²) in [5.41, 5.74) is -1.44. The third-order valence-electron chi connectivity index (χ3n) is 1.45. The maximum atomic E-state index is 13.1. The molecular weight excluding hydrogens is 259 g/mol. The lowest BCUT2D eigenvalue weighted by Crippen LogP contribution is -2.04. The molecule has 0 aliphatic carbocycles. The van der Waals surface area contributed by atoms with Gasteiger partial charge in [-0.05, 0) is 0 Å². The summed E-state index contributed by atoms with van der Waals surface area (Å²) in [5, 5.41) is 7.50. The molecule has 84 valence electrons. The van der Waals surface area contributed by atoms with Crippen molar-refractivity contribution in [3.05, 3.63) is 17.6 Å². The van der Waals surface area contributed by atoms with Crippen molar-refractivity contribution in [3.8, 4) is 5.75 Å². The first-order chi connectivity index (χ1) is 6.75. The minimum Gasteiger partial charge on any atom is -0.506 e. The molecule has 1 aromatic rings. The Balaban J connectivity index is 3.56. The smallest absolute Gasteiger partial charge is 0.281 e. The first kappa shape index (κ1) is 12.1. The van der Waals surface area contributed by atoms with Gasteiger partial charge in [0.15, 0.2) is 5.82 Å². The molecular formula is C6H3ClF3NO3S. The van der Waals surface area contributed by atoms with Gasteiger partial charge in [0.1, 0.15) is 5.75 Å². The topological polar surface area (TPSA) is 67.3 Å². The van der Waals surface area contributed by atoms with Gasteiger partial charge in [0, 0.05) is 10.7 Å². The number of pyridine rings is 1. The molecule has 0 spiro atoms. The van der Waals surface area contributed by atoms with Gasteiger partial charge in [-0.25, -0.2) is 26.6 Å². The van der Waals surface area contributed by atoms with Gasteiger partial charge >= 0.3 is 0 Å². The maximum Gasteiger partial charge on any atom is 0.281 e. The van der Waals surface area contributed by atoms with Crippen LogP contribution < -0.4 is 0 Å². The number of hydrogen-bond acceptors (Lipinski definition) is 4. The molecule has 4 nitrogen and oxygen atoms in total. The van der Waals surface area contributed by atoms with Crippen molar-refractivity contribution in [1.29, 1.82) is 0 Å². The lowest BCUT2D eigenvalue weighted by atomic mass is 10.2. The summed E-state index contributed by atoms with van der Waals surface area (Å²) in [6.07, 6.45) is -2.98. The number of nitrogens with zero attached hydrogens (tertiary/aromatic N) is 1. The Kier molecular flexibility index (Phi) is 3.10. The van der Waals surface area contributed by atoms with E-state index in [-0.39, 0.29) is 0 Å². The first-order valence-corrected chi connectivity index (χ1v) is 5.66. The van der Waals surface area contributed by atoms with E-state index in [2.05, 4.69) is 4.98 Å². The Labute approximate surface area is 86.7 Å². The molecule has 1 heterocycles. The van der Waals surface area contributed by atoms with Crippen LogP contribution in [-0.4, -0.2) is 18.5 Å². The molecule has 0 fully saturated rings. The second-order valence-electron chi connectivity index (χ2n) is 2.41. The molecule has 0 amide bonds. The minimum atomic E-state index is -4.56. The normalized spacial score (nSPS) is 12.1. The molecule has 0 aromatic carbocycles. The van der Waals surface area contributed by atoms with Crippen LogP contribution in [0.3, 0.4) is 0 Å². The number of hydrogen-bond donors (Lipinski definition) is 1. The minimum absolute atomic E-state index is 0.389. The summed E-state index contributed by atoms with van der Waals surface area (Å²) in [6.45, 7) is 0. The Morgan fingerprint density at radius 1 is 1.47 bits per heavy atom. The largest absolute Gasteiger partial charge is 0.506 e. The average Bonchev–Trinajstić information content (AvgIpc) is 2.00. The molecule has 0 saturated carbocycles. The maximum absolute atomic E-state index is 13.1. The lowest BCUT2D eigenvalue weighted by molar-refractivity contribution is 0.141. The van der Waals surface area contributed by atoms with Gasteiger partial charge in [-0.3, -0.25) is 0 Å². The van der Waals surface area contributed by atoms with E-state index in [1.54, 1.807) is 0 Å². The second kappa shape index (κ2) is 3.86. The monoisotopic (exact) mass is 261 g/mol. The van der Waals surface area contributed by atoms with Crippen molar-refractivity contribution in [3.63, 3.8) is 0 Å². The standard InChI is InChI=1S/C6H3ClF3NO3S/c7-15(13,14)6-4(8)3(5(9)10)2(12)1-11-6/h1,5,12H. The SMILES string of the molecule is O=S(=O)(Cl)c1ncc(O)c(C(F)F)c1F. The predicted molar refractivity (Wildman–Crippen MR) is 43.9 cm³/mol. The molecule has 15 heavy (non-hydrogen) atoms. The van der Waals surface area contributed by atoms with E-state index in [9.17, 15) is 21.6 Å².